The molecule has 0 saturated heterocycles. The molecule has 2 aromatic heterocycles. The van der Waals surface area contributed by atoms with Gasteiger partial charge in [0.05, 0.1) is 6.33 Å². The predicted molar refractivity (Wildman–Crippen MR) is 82.7 cm³/mol. The summed E-state index contributed by atoms with van der Waals surface area (Å²) in [5, 5.41) is 8.83. The quantitative estimate of drug-likeness (QED) is 0.781. The number of hydrogen-bond acceptors (Lipinski definition) is 5. The van der Waals surface area contributed by atoms with Gasteiger partial charge in [-0.2, -0.15) is 0 Å². The number of rotatable bonds is 7. The van der Waals surface area contributed by atoms with Crippen LogP contribution in [0, 0.1) is 0 Å². The minimum absolute atomic E-state index is 0.0431. The summed E-state index contributed by atoms with van der Waals surface area (Å²) in [5.41, 5.74) is 0.432. The number of nitrogens with one attached hydrogen (secondary N) is 1. The fraction of sp³-hybridized carbons (Fsp3) is 0.357. The Balaban J connectivity index is 1.99. The van der Waals surface area contributed by atoms with Gasteiger partial charge in [0, 0.05) is 30.9 Å². The van der Waals surface area contributed by atoms with E-state index in [1.165, 1.54) is 18.6 Å². The van der Waals surface area contributed by atoms with Crippen LogP contribution >= 0.6 is 0 Å². The van der Waals surface area contributed by atoms with E-state index >= 15 is 0 Å². The molecule has 0 fully saturated rings. The lowest BCUT2D eigenvalue weighted by Gasteiger charge is -2.06. The Morgan fingerprint density at radius 2 is 2.13 bits per heavy atom. The van der Waals surface area contributed by atoms with E-state index in [4.69, 9.17) is 5.11 Å². The number of carboxylic acid groups (broad SMARTS) is 1. The largest absolute Gasteiger partial charge is 0.477 e. The molecule has 0 unspecified atom stereocenters. The topological polar surface area (TPSA) is 114 Å². The summed E-state index contributed by atoms with van der Waals surface area (Å²) in [5.74, 6) is -1.12. The number of aromatic nitrogens is 3. The summed E-state index contributed by atoms with van der Waals surface area (Å²) >= 11 is 0. The van der Waals surface area contributed by atoms with Gasteiger partial charge in [0.15, 0.2) is 5.03 Å². The molecule has 8 nitrogen and oxygen atoms in total. The number of imidazole rings is 1. The number of nitrogens with zero attached hydrogens (tertiary/aromatic N) is 3. The molecule has 0 aliphatic heterocycles. The van der Waals surface area contributed by atoms with Gasteiger partial charge in [0.2, 0.25) is 0 Å². The van der Waals surface area contributed by atoms with Crippen LogP contribution in [0.4, 0.5) is 0 Å². The highest BCUT2D eigenvalue weighted by atomic mass is 32.2. The molecule has 0 atom stereocenters. The molecule has 0 saturated carbocycles. The van der Waals surface area contributed by atoms with Crippen LogP contribution in [-0.2, 0) is 16.4 Å². The molecule has 2 rings (SSSR count). The fourth-order valence-corrected chi connectivity index (χ4v) is 2.83. The molecule has 0 aromatic carbocycles. The lowest BCUT2D eigenvalue weighted by Crippen LogP contribution is -2.26. The van der Waals surface area contributed by atoms with Crippen molar-refractivity contribution in [3.63, 3.8) is 0 Å². The van der Waals surface area contributed by atoms with Crippen LogP contribution in [0.25, 0.3) is 0 Å². The van der Waals surface area contributed by atoms with Crippen LogP contribution in [-0.4, -0.2) is 40.6 Å². The zero-order valence-electron chi connectivity index (χ0n) is 12.8. The van der Waals surface area contributed by atoms with Gasteiger partial charge in [0.1, 0.15) is 5.69 Å². The molecule has 9 heteroatoms. The molecule has 23 heavy (non-hydrogen) atoms. The normalized spacial score (nSPS) is 11.8. The molecule has 2 heterocycles. The van der Waals surface area contributed by atoms with Crippen LogP contribution in [0.2, 0.25) is 0 Å². The van der Waals surface area contributed by atoms with E-state index in [1.54, 1.807) is 16.7 Å². The van der Waals surface area contributed by atoms with Gasteiger partial charge in [0.25, 0.3) is 10.0 Å². The van der Waals surface area contributed by atoms with Gasteiger partial charge in [-0.25, -0.2) is 27.9 Å². The van der Waals surface area contributed by atoms with Crippen molar-refractivity contribution in [2.45, 2.75) is 31.3 Å². The van der Waals surface area contributed by atoms with Gasteiger partial charge in [-0.3, -0.25) is 0 Å². The van der Waals surface area contributed by atoms with E-state index in [9.17, 15) is 13.2 Å². The number of carbonyl (C=O) groups is 1. The SMILES string of the molecule is CC(C)n1cnc(S(=O)(=O)NCCc2cccc(C(=O)O)n2)c1. The Bertz CT molecular complexity index is 799. The summed E-state index contributed by atoms with van der Waals surface area (Å²) in [6.07, 6.45) is 3.22. The molecule has 2 N–H and O–H groups in total. The minimum Gasteiger partial charge on any atom is -0.477 e. The summed E-state index contributed by atoms with van der Waals surface area (Å²) in [6, 6.07) is 4.72. The monoisotopic (exact) mass is 338 g/mol. The van der Waals surface area contributed by atoms with Gasteiger partial charge < -0.3 is 9.67 Å². The number of hydrogen-bond donors (Lipinski definition) is 2. The lowest BCUT2D eigenvalue weighted by atomic mass is 10.2. The van der Waals surface area contributed by atoms with Crippen molar-refractivity contribution in [1.29, 1.82) is 0 Å². The second-order valence-electron chi connectivity index (χ2n) is 5.22. The maximum Gasteiger partial charge on any atom is 0.354 e. The third-order valence-corrected chi connectivity index (χ3v) is 4.49. The first kappa shape index (κ1) is 17.1. The van der Waals surface area contributed by atoms with Crippen LogP contribution in [0.15, 0.2) is 35.7 Å². The van der Waals surface area contributed by atoms with Crippen molar-refractivity contribution < 1.29 is 18.3 Å². The highest BCUT2D eigenvalue weighted by Crippen LogP contribution is 2.10. The summed E-state index contributed by atoms with van der Waals surface area (Å²) in [7, 11) is -3.70. The summed E-state index contributed by atoms with van der Waals surface area (Å²) < 4.78 is 28.4. The fourth-order valence-electron chi connectivity index (χ4n) is 1.86. The Hall–Kier alpha value is -2.26. The zero-order valence-corrected chi connectivity index (χ0v) is 13.6. The van der Waals surface area contributed by atoms with Crippen LogP contribution in [0.1, 0.15) is 36.1 Å². The number of pyridine rings is 1. The standard InChI is InChI=1S/C14H18N4O4S/c1-10(2)18-8-13(15-9-18)23(21,22)16-7-6-11-4-3-5-12(17-11)14(19)20/h3-5,8-10,16H,6-7H2,1-2H3,(H,19,20). The molecule has 0 spiro atoms. The molecule has 0 aliphatic rings. The average Bonchev–Trinajstić information content (AvgIpc) is 2.98. The highest BCUT2D eigenvalue weighted by molar-refractivity contribution is 7.89. The Labute approximate surface area is 134 Å². The van der Waals surface area contributed by atoms with Crippen LogP contribution in [0.3, 0.4) is 0 Å². The second kappa shape index (κ2) is 6.88. The molecule has 0 radical (unpaired) electrons. The van der Waals surface area contributed by atoms with E-state index in [-0.39, 0.29) is 29.7 Å². The number of carboxylic acids is 1. The van der Waals surface area contributed by atoms with Gasteiger partial charge >= 0.3 is 5.97 Å². The van der Waals surface area contributed by atoms with Crippen LogP contribution in [0.5, 0.6) is 0 Å². The number of aromatic carboxylic acids is 1. The van der Waals surface area contributed by atoms with E-state index < -0.39 is 16.0 Å². The van der Waals surface area contributed by atoms with Crippen molar-refractivity contribution >= 4 is 16.0 Å². The van der Waals surface area contributed by atoms with Crippen molar-refractivity contribution in [3.05, 3.63) is 42.1 Å². The summed E-state index contributed by atoms with van der Waals surface area (Å²) in [4.78, 5) is 18.7. The minimum atomic E-state index is -3.70. The Morgan fingerprint density at radius 3 is 2.74 bits per heavy atom. The maximum absolute atomic E-state index is 12.1. The maximum atomic E-state index is 12.1. The Kier molecular flexibility index (Phi) is 5.12. The van der Waals surface area contributed by atoms with Crippen molar-refractivity contribution in [2.75, 3.05) is 6.54 Å². The first-order valence-electron chi connectivity index (χ1n) is 7.02. The smallest absolute Gasteiger partial charge is 0.354 e. The molecule has 0 bridgehead atoms. The second-order valence-corrected chi connectivity index (χ2v) is 6.93. The van der Waals surface area contributed by atoms with Gasteiger partial charge in [-0.15, -0.1) is 0 Å². The van der Waals surface area contributed by atoms with Crippen LogP contribution < -0.4 is 4.72 Å². The Morgan fingerprint density at radius 1 is 1.39 bits per heavy atom. The molecular formula is C14H18N4O4S. The third kappa shape index (κ3) is 4.36. The van der Waals surface area contributed by atoms with E-state index in [0.29, 0.717) is 5.69 Å². The molecular weight excluding hydrogens is 320 g/mol. The highest BCUT2D eigenvalue weighted by Gasteiger charge is 2.17. The first-order valence-corrected chi connectivity index (χ1v) is 8.50. The van der Waals surface area contributed by atoms with E-state index in [2.05, 4.69) is 14.7 Å². The number of sulfonamides is 1. The van der Waals surface area contributed by atoms with Crippen molar-refractivity contribution in [3.8, 4) is 0 Å². The molecule has 0 amide bonds. The van der Waals surface area contributed by atoms with Crippen molar-refractivity contribution in [1.82, 2.24) is 19.3 Å². The van der Waals surface area contributed by atoms with Gasteiger partial charge in [-0.05, 0) is 26.0 Å². The first-order chi connectivity index (χ1) is 10.8. The van der Waals surface area contributed by atoms with Gasteiger partial charge in [-0.1, -0.05) is 6.07 Å². The third-order valence-electron chi connectivity index (χ3n) is 3.15. The van der Waals surface area contributed by atoms with Crippen molar-refractivity contribution in [2.24, 2.45) is 0 Å². The molecule has 2 aromatic rings. The molecule has 124 valence electrons. The van der Waals surface area contributed by atoms with E-state index in [0.717, 1.165) is 0 Å². The van der Waals surface area contributed by atoms with E-state index in [1.807, 2.05) is 13.8 Å². The molecule has 0 aliphatic carbocycles. The lowest BCUT2D eigenvalue weighted by molar-refractivity contribution is 0.0690. The average molecular weight is 338 g/mol. The zero-order chi connectivity index (χ0) is 17.0. The predicted octanol–water partition coefficient (Wildman–Crippen LogP) is 1.08. The summed E-state index contributed by atoms with van der Waals surface area (Å²) in [6.45, 7) is 3.95.